The van der Waals surface area contributed by atoms with Crippen molar-refractivity contribution in [3.05, 3.63) is 46.9 Å². The van der Waals surface area contributed by atoms with Crippen LogP contribution in [0.15, 0.2) is 51.8 Å². The highest BCUT2D eigenvalue weighted by molar-refractivity contribution is 9.10. The van der Waals surface area contributed by atoms with E-state index in [1.807, 2.05) is 24.3 Å². The summed E-state index contributed by atoms with van der Waals surface area (Å²) in [5.41, 5.74) is 6.30. The number of benzene rings is 2. The molecule has 0 bridgehead atoms. The summed E-state index contributed by atoms with van der Waals surface area (Å²) < 4.78 is 23.6. The number of rotatable bonds is 6. The van der Waals surface area contributed by atoms with Gasteiger partial charge in [-0.15, -0.1) is 0 Å². The van der Waals surface area contributed by atoms with Crippen LogP contribution in [0.2, 0.25) is 0 Å². The van der Waals surface area contributed by atoms with Crippen molar-refractivity contribution in [2.24, 2.45) is 0 Å². The summed E-state index contributed by atoms with van der Waals surface area (Å²) in [6, 6.07) is 12.5. The molecule has 0 saturated heterocycles. The lowest BCUT2D eigenvalue weighted by Crippen LogP contribution is -2.09. The zero-order chi connectivity index (χ0) is 15.2. The average Bonchev–Trinajstić information content (AvgIpc) is 2.47. The zero-order valence-electron chi connectivity index (χ0n) is 11.5. The van der Waals surface area contributed by atoms with Gasteiger partial charge in [-0.1, -0.05) is 0 Å². The van der Waals surface area contributed by atoms with Crippen LogP contribution in [0, 0.1) is 0 Å². The second-order valence-electron chi connectivity index (χ2n) is 4.26. The van der Waals surface area contributed by atoms with Gasteiger partial charge in [0, 0.05) is 10.2 Å². The summed E-state index contributed by atoms with van der Waals surface area (Å²) in [5.74, 6) is 1.91. The summed E-state index contributed by atoms with van der Waals surface area (Å²) in [5, 5.41) is 0. The molecule has 0 aromatic heterocycles. The van der Waals surface area contributed by atoms with Gasteiger partial charge in [-0.05, 0) is 58.4 Å². The minimum atomic E-state index is -1.14. The Labute approximate surface area is 134 Å². The molecule has 1 atom stereocenters. The number of nitrogens with two attached hydrogens (primary N) is 1. The minimum Gasteiger partial charge on any atom is -0.497 e. The van der Waals surface area contributed by atoms with Gasteiger partial charge < -0.3 is 15.2 Å². The van der Waals surface area contributed by atoms with Crippen molar-refractivity contribution < 1.29 is 13.7 Å². The summed E-state index contributed by atoms with van der Waals surface area (Å²) >= 11 is 3.37. The molecule has 2 aromatic rings. The molecular formula is C15H16BrNO3S. The maximum absolute atomic E-state index is 12.2. The quantitative estimate of drug-likeness (QED) is 0.794. The largest absolute Gasteiger partial charge is 0.497 e. The van der Waals surface area contributed by atoms with E-state index < -0.39 is 10.8 Å². The molecule has 0 aliphatic rings. The van der Waals surface area contributed by atoms with Crippen molar-refractivity contribution >= 4 is 32.4 Å². The summed E-state index contributed by atoms with van der Waals surface area (Å²) in [6.07, 6.45) is 0. The topological polar surface area (TPSA) is 61.5 Å². The molecule has 6 heteroatoms. The Morgan fingerprint density at radius 1 is 1.14 bits per heavy atom. The molecule has 0 aliphatic heterocycles. The third kappa shape index (κ3) is 4.47. The molecular weight excluding hydrogens is 354 g/mol. The average molecular weight is 370 g/mol. The van der Waals surface area contributed by atoms with Gasteiger partial charge in [0.1, 0.15) is 18.1 Å². The highest BCUT2D eigenvalue weighted by atomic mass is 79.9. The Hall–Kier alpha value is -1.53. The van der Waals surface area contributed by atoms with Gasteiger partial charge in [-0.2, -0.15) is 0 Å². The second-order valence-corrected chi connectivity index (χ2v) is 6.66. The predicted molar refractivity (Wildman–Crippen MR) is 88.3 cm³/mol. The fourth-order valence-electron chi connectivity index (χ4n) is 1.72. The van der Waals surface area contributed by atoms with Crippen LogP contribution in [-0.4, -0.2) is 23.7 Å². The van der Waals surface area contributed by atoms with Gasteiger partial charge in [0.05, 0.1) is 28.6 Å². The van der Waals surface area contributed by atoms with Gasteiger partial charge in [0.15, 0.2) is 0 Å². The first-order valence-electron chi connectivity index (χ1n) is 6.30. The van der Waals surface area contributed by atoms with E-state index >= 15 is 0 Å². The van der Waals surface area contributed by atoms with E-state index in [-0.39, 0.29) is 0 Å². The number of nitrogen functional groups attached to an aromatic ring is 1. The number of methoxy groups -OCH3 is 1. The van der Waals surface area contributed by atoms with Gasteiger partial charge >= 0.3 is 0 Å². The first-order chi connectivity index (χ1) is 10.1. The molecule has 112 valence electrons. The molecule has 0 heterocycles. The number of ether oxygens (including phenoxy) is 2. The van der Waals surface area contributed by atoms with Gasteiger partial charge in [0.25, 0.3) is 0 Å². The molecule has 1 unspecified atom stereocenters. The lowest BCUT2D eigenvalue weighted by molar-refractivity contribution is 0.341. The van der Waals surface area contributed by atoms with Crippen molar-refractivity contribution in [1.82, 2.24) is 0 Å². The molecule has 0 saturated carbocycles. The van der Waals surface area contributed by atoms with Crippen LogP contribution in [0.5, 0.6) is 11.5 Å². The number of anilines is 1. The molecule has 2 N–H and O–H groups in total. The van der Waals surface area contributed by atoms with Crippen molar-refractivity contribution in [1.29, 1.82) is 0 Å². The van der Waals surface area contributed by atoms with Crippen molar-refractivity contribution in [2.45, 2.75) is 4.90 Å². The predicted octanol–water partition coefficient (Wildman–Crippen LogP) is 3.23. The van der Waals surface area contributed by atoms with Crippen LogP contribution in [0.1, 0.15) is 0 Å². The van der Waals surface area contributed by atoms with E-state index in [9.17, 15) is 4.21 Å². The molecule has 21 heavy (non-hydrogen) atoms. The molecule has 2 rings (SSSR count). The smallest absolute Gasteiger partial charge is 0.119 e. The van der Waals surface area contributed by atoms with Crippen LogP contribution in [-0.2, 0) is 10.8 Å². The SMILES string of the molecule is COc1ccc(OCCS(=O)c2ccc(N)cc2Br)cc1. The third-order valence-electron chi connectivity index (χ3n) is 2.80. The van der Waals surface area contributed by atoms with Crippen LogP contribution >= 0.6 is 15.9 Å². The van der Waals surface area contributed by atoms with E-state index in [4.69, 9.17) is 15.2 Å². The Bertz CT molecular complexity index is 631. The Morgan fingerprint density at radius 3 is 2.43 bits per heavy atom. The zero-order valence-corrected chi connectivity index (χ0v) is 13.9. The standard InChI is InChI=1S/C15H16BrNO3S/c1-19-12-3-5-13(6-4-12)20-8-9-21(18)15-7-2-11(17)10-14(15)16/h2-7,10H,8-9,17H2,1H3. The summed E-state index contributed by atoms with van der Waals surface area (Å²) in [4.78, 5) is 0.725. The van der Waals surface area contributed by atoms with Crippen molar-refractivity contribution in [2.75, 3.05) is 25.2 Å². The maximum Gasteiger partial charge on any atom is 0.119 e. The van der Waals surface area contributed by atoms with Crippen molar-refractivity contribution in [3.63, 3.8) is 0 Å². The lowest BCUT2D eigenvalue weighted by Gasteiger charge is -2.08. The fraction of sp³-hybridized carbons (Fsp3) is 0.200. The number of hydrogen-bond acceptors (Lipinski definition) is 4. The highest BCUT2D eigenvalue weighted by Crippen LogP contribution is 2.23. The first kappa shape index (κ1) is 15.9. The molecule has 0 fully saturated rings. The van der Waals surface area contributed by atoms with Gasteiger partial charge in [-0.25, -0.2) is 0 Å². The molecule has 0 spiro atoms. The van der Waals surface area contributed by atoms with E-state index in [0.717, 1.165) is 20.9 Å². The summed E-state index contributed by atoms with van der Waals surface area (Å²) in [7, 11) is 0.480. The number of hydrogen-bond donors (Lipinski definition) is 1. The minimum absolute atomic E-state index is 0.371. The monoisotopic (exact) mass is 369 g/mol. The Morgan fingerprint density at radius 2 is 1.81 bits per heavy atom. The van der Waals surface area contributed by atoms with E-state index in [1.165, 1.54) is 0 Å². The Balaban J connectivity index is 1.88. The summed E-state index contributed by atoms with van der Waals surface area (Å²) in [6.45, 7) is 0.371. The van der Waals surface area contributed by atoms with Crippen LogP contribution < -0.4 is 15.2 Å². The van der Waals surface area contributed by atoms with Gasteiger partial charge in [-0.3, -0.25) is 4.21 Å². The van der Waals surface area contributed by atoms with Crippen LogP contribution in [0.25, 0.3) is 0 Å². The van der Waals surface area contributed by atoms with Crippen LogP contribution in [0.4, 0.5) is 5.69 Å². The second kappa shape index (κ2) is 7.47. The molecule has 0 amide bonds. The normalized spacial score (nSPS) is 11.9. The molecule has 2 aromatic carbocycles. The molecule has 0 aliphatic carbocycles. The maximum atomic E-state index is 12.2. The van der Waals surface area contributed by atoms with E-state index in [1.54, 1.807) is 25.3 Å². The fourth-order valence-corrected chi connectivity index (χ4v) is 3.61. The van der Waals surface area contributed by atoms with E-state index in [2.05, 4.69) is 15.9 Å². The number of halogens is 1. The van der Waals surface area contributed by atoms with E-state index in [0.29, 0.717) is 18.0 Å². The highest BCUT2D eigenvalue weighted by Gasteiger charge is 2.09. The molecule has 4 nitrogen and oxygen atoms in total. The first-order valence-corrected chi connectivity index (χ1v) is 8.41. The molecule has 0 radical (unpaired) electrons. The lowest BCUT2D eigenvalue weighted by atomic mass is 10.3. The van der Waals surface area contributed by atoms with Gasteiger partial charge in [0.2, 0.25) is 0 Å². The Kier molecular flexibility index (Phi) is 5.64. The van der Waals surface area contributed by atoms with Crippen molar-refractivity contribution in [3.8, 4) is 11.5 Å². The third-order valence-corrected chi connectivity index (χ3v) is 5.10. The van der Waals surface area contributed by atoms with Crippen LogP contribution in [0.3, 0.4) is 0 Å².